The van der Waals surface area contributed by atoms with Gasteiger partial charge in [0.05, 0.1) is 7.11 Å². The van der Waals surface area contributed by atoms with E-state index in [1.807, 2.05) is 25.1 Å². The van der Waals surface area contributed by atoms with E-state index in [0.717, 1.165) is 11.6 Å². The summed E-state index contributed by atoms with van der Waals surface area (Å²) in [5.41, 5.74) is 1.71. The third-order valence-electron chi connectivity index (χ3n) is 2.14. The van der Waals surface area contributed by atoms with E-state index in [2.05, 4.69) is 0 Å². The number of carboxylic acids is 1. The lowest BCUT2D eigenvalue weighted by molar-refractivity contribution is -0.131. The Kier molecular flexibility index (Phi) is 4.57. The second-order valence-electron chi connectivity index (χ2n) is 3.77. The zero-order chi connectivity index (χ0) is 12.8. The number of benzene rings is 1. The highest BCUT2D eigenvalue weighted by atomic mass is 16.5. The van der Waals surface area contributed by atoms with Crippen molar-refractivity contribution in [2.24, 2.45) is 0 Å². The van der Waals surface area contributed by atoms with E-state index in [9.17, 15) is 4.79 Å². The van der Waals surface area contributed by atoms with E-state index in [-0.39, 0.29) is 6.61 Å². The van der Waals surface area contributed by atoms with Gasteiger partial charge in [-0.25, -0.2) is 4.79 Å². The van der Waals surface area contributed by atoms with Crippen molar-refractivity contribution in [3.8, 4) is 11.5 Å². The number of aliphatic carboxylic acids is 1. The predicted molar refractivity (Wildman–Crippen MR) is 64.6 cm³/mol. The second-order valence-corrected chi connectivity index (χ2v) is 3.77. The molecule has 0 spiro atoms. The van der Waals surface area contributed by atoms with Crippen LogP contribution in [-0.2, 0) is 4.79 Å². The van der Waals surface area contributed by atoms with Crippen LogP contribution in [-0.4, -0.2) is 24.8 Å². The van der Waals surface area contributed by atoms with Crippen LogP contribution in [0.15, 0.2) is 29.8 Å². The molecule has 0 heterocycles. The third-order valence-corrected chi connectivity index (χ3v) is 2.14. The highest BCUT2D eigenvalue weighted by Crippen LogP contribution is 2.27. The van der Waals surface area contributed by atoms with Gasteiger partial charge in [0.25, 0.3) is 0 Å². The fourth-order valence-electron chi connectivity index (χ4n) is 1.34. The van der Waals surface area contributed by atoms with Gasteiger partial charge in [0.15, 0.2) is 11.5 Å². The Hall–Kier alpha value is -1.97. The topological polar surface area (TPSA) is 55.8 Å². The highest BCUT2D eigenvalue weighted by Gasteiger charge is 2.04. The van der Waals surface area contributed by atoms with Crippen LogP contribution >= 0.6 is 0 Å². The molecule has 0 unspecified atom stereocenters. The molecule has 17 heavy (non-hydrogen) atoms. The molecule has 0 aliphatic heterocycles. The van der Waals surface area contributed by atoms with Gasteiger partial charge in [-0.1, -0.05) is 6.07 Å². The summed E-state index contributed by atoms with van der Waals surface area (Å²) in [5.74, 6) is 0.284. The predicted octanol–water partition coefficient (Wildman–Crippen LogP) is 2.41. The van der Waals surface area contributed by atoms with Crippen molar-refractivity contribution in [2.75, 3.05) is 13.7 Å². The molecule has 1 aromatic rings. The standard InChI is InChI=1S/C13H16O4/c1-9-4-5-11(12(6-9)16-3)17-8-10(2)7-13(14)15/h4-7H,8H2,1-3H3,(H,14,15)/b10-7+. The van der Waals surface area contributed by atoms with Crippen molar-refractivity contribution in [1.82, 2.24) is 0 Å². The number of hydrogen-bond acceptors (Lipinski definition) is 3. The summed E-state index contributed by atoms with van der Waals surface area (Å²) in [6.07, 6.45) is 1.13. The van der Waals surface area contributed by atoms with Gasteiger partial charge in [0, 0.05) is 6.08 Å². The first-order chi connectivity index (χ1) is 8.02. The van der Waals surface area contributed by atoms with E-state index in [1.54, 1.807) is 14.0 Å². The number of aryl methyl sites for hydroxylation is 1. The van der Waals surface area contributed by atoms with E-state index < -0.39 is 5.97 Å². The summed E-state index contributed by atoms with van der Waals surface area (Å²) in [4.78, 5) is 10.4. The largest absolute Gasteiger partial charge is 0.493 e. The monoisotopic (exact) mass is 236 g/mol. The molecule has 0 bridgehead atoms. The van der Waals surface area contributed by atoms with Crippen molar-refractivity contribution in [1.29, 1.82) is 0 Å². The molecule has 92 valence electrons. The Labute approximate surface area is 100 Å². The van der Waals surface area contributed by atoms with E-state index in [4.69, 9.17) is 14.6 Å². The van der Waals surface area contributed by atoms with Gasteiger partial charge in [0.1, 0.15) is 6.61 Å². The molecule has 1 N–H and O–H groups in total. The highest BCUT2D eigenvalue weighted by molar-refractivity contribution is 5.80. The summed E-state index contributed by atoms with van der Waals surface area (Å²) in [6, 6.07) is 5.59. The smallest absolute Gasteiger partial charge is 0.328 e. The van der Waals surface area contributed by atoms with Gasteiger partial charge in [-0.3, -0.25) is 0 Å². The Balaban J connectivity index is 2.72. The number of ether oxygens (including phenoxy) is 2. The van der Waals surface area contributed by atoms with E-state index in [1.165, 1.54) is 0 Å². The van der Waals surface area contributed by atoms with Gasteiger partial charge in [-0.05, 0) is 37.1 Å². The lowest BCUT2D eigenvalue weighted by Gasteiger charge is -2.11. The number of methoxy groups -OCH3 is 1. The van der Waals surface area contributed by atoms with Crippen LogP contribution in [0.5, 0.6) is 11.5 Å². The maximum absolute atomic E-state index is 10.4. The van der Waals surface area contributed by atoms with Crippen molar-refractivity contribution in [3.05, 3.63) is 35.4 Å². The fraction of sp³-hybridized carbons (Fsp3) is 0.308. The number of carbonyl (C=O) groups is 1. The SMILES string of the molecule is COc1cc(C)ccc1OC/C(C)=C/C(=O)O. The average Bonchev–Trinajstić information content (AvgIpc) is 2.26. The molecular formula is C13H16O4. The Morgan fingerprint density at radius 1 is 1.41 bits per heavy atom. The van der Waals surface area contributed by atoms with Crippen LogP contribution in [0.1, 0.15) is 12.5 Å². The van der Waals surface area contributed by atoms with Crippen molar-refractivity contribution in [3.63, 3.8) is 0 Å². The fourth-order valence-corrected chi connectivity index (χ4v) is 1.34. The summed E-state index contributed by atoms with van der Waals surface area (Å²) >= 11 is 0. The molecule has 1 aromatic carbocycles. The first-order valence-electron chi connectivity index (χ1n) is 5.20. The van der Waals surface area contributed by atoms with Crippen LogP contribution in [0, 0.1) is 6.92 Å². The Morgan fingerprint density at radius 2 is 2.12 bits per heavy atom. The van der Waals surface area contributed by atoms with Crippen LogP contribution in [0.3, 0.4) is 0 Å². The molecule has 0 radical (unpaired) electrons. The maximum atomic E-state index is 10.4. The molecule has 0 atom stereocenters. The first-order valence-corrected chi connectivity index (χ1v) is 5.20. The molecule has 1 rings (SSSR count). The molecule has 0 fully saturated rings. The summed E-state index contributed by atoms with van der Waals surface area (Å²) in [6.45, 7) is 3.89. The first kappa shape index (κ1) is 13.1. The maximum Gasteiger partial charge on any atom is 0.328 e. The van der Waals surface area contributed by atoms with Crippen molar-refractivity contribution < 1.29 is 19.4 Å². The third kappa shape index (κ3) is 4.18. The summed E-state index contributed by atoms with van der Waals surface area (Å²) < 4.78 is 10.7. The van der Waals surface area contributed by atoms with Crippen LogP contribution in [0.2, 0.25) is 0 Å². The zero-order valence-corrected chi connectivity index (χ0v) is 10.2. The van der Waals surface area contributed by atoms with Crippen molar-refractivity contribution in [2.45, 2.75) is 13.8 Å². The van der Waals surface area contributed by atoms with E-state index >= 15 is 0 Å². The second kappa shape index (κ2) is 5.94. The van der Waals surface area contributed by atoms with Gasteiger partial charge in [-0.2, -0.15) is 0 Å². The lowest BCUT2D eigenvalue weighted by atomic mass is 10.2. The van der Waals surface area contributed by atoms with Gasteiger partial charge in [0.2, 0.25) is 0 Å². The van der Waals surface area contributed by atoms with Gasteiger partial charge < -0.3 is 14.6 Å². The number of carboxylic acid groups (broad SMARTS) is 1. The Morgan fingerprint density at radius 3 is 2.71 bits per heavy atom. The quantitative estimate of drug-likeness (QED) is 0.798. The van der Waals surface area contributed by atoms with Crippen LogP contribution in [0.25, 0.3) is 0 Å². The molecule has 0 aromatic heterocycles. The summed E-state index contributed by atoms with van der Waals surface area (Å²) in [5, 5.41) is 8.56. The average molecular weight is 236 g/mol. The van der Waals surface area contributed by atoms with Crippen molar-refractivity contribution >= 4 is 5.97 Å². The van der Waals surface area contributed by atoms with E-state index in [0.29, 0.717) is 17.1 Å². The van der Waals surface area contributed by atoms with Crippen LogP contribution < -0.4 is 9.47 Å². The minimum absolute atomic E-state index is 0.228. The molecule has 4 nitrogen and oxygen atoms in total. The van der Waals surface area contributed by atoms with Gasteiger partial charge in [-0.15, -0.1) is 0 Å². The Bertz CT molecular complexity index is 435. The minimum Gasteiger partial charge on any atom is -0.493 e. The lowest BCUT2D eigenvalue weighted by Crippen LogP contribution is -2.02. The molecule has 0 amide bonds. The number of hydrogen-bond donors (Lipinski definition) is 1. The van der Waals surface area contributed by atoms with Gasteiger partial charge >= 0.3 is 5.97 Å². The zero-order valence-electron chi connectivity index (χ0n) is 10.2. The summed E-state index contributed by atoms with van der Waals surface area (Å²) in [7, 11) is 1.57. The molecule has 0 aliphatic rings. The molecule has 4 heteroatoms. The molecular weight excluding hydrogens is 220 g/mol. The molecule has 0 saturated carbocycles. The minimum atomic E-state index is -0.970. The molecule has 0 aliphatic carbocycles. The normalized spacial score (nSPS) is 11.1. The number of rotatable bonds is 5. The molecule has 0 saturated heterocycles. The van der Waals surface area contributed by atoms with Crippen LogP contribution in [0.4, 0.5) is 0 Å².